The zero-order valence-corrected chi connectivity index (χ0v) is 27.0. The highest BCUT2D eigenvalue weighted by Crippen LogP contribution is 2.51. The van der Waals surface area contributed by atoms with Crippen molar-refractivity contribution in [1.82, 2.24) is 20.0 Å². The molecule has 3 aromatic rings. The van der Waals surface area contributed by atoms with Gasteiger partial charge in [-0.1, -0.05) is 29.8 Å². The molecule has 46 heavy (non-hydrogen) atoms. The molecule has 1 N–H and O–H groups in total. The number of hydrogen-bond acceptors (Lipinski definition) is 10. The van der Waals surface area contributed by atoms with Crippen LogP contribution in [-0.2, 0) is 48.9 Å². The summed E-state index contributed by atoms with van der Waals surface area (Å²) in [6.07, 6.45) is 0.927. The fourth-order valence-corrected chi connectivity index (χ4v) is 9.56. The highest BCUT2D eigenvalue weighted by Gasteiger charge is 2.66. The maximum atomic E-state index is 14.1. The van der Waals surface area contributed by atoms with Gasteiger partial charge in [0.05, 0.1) is 41.1 Å². The second kappa shape index (κ2) is 11.6. The lowest BCUT2D eigenvalue weighted by atomic mass is 10.0. The Morgan fingerprint density at radius 3 is 2.33 bits per heavy atom. The SMILES string of the molecule is Cc1ccc(S(=O)(=O)OCC2(S(=O)(=O)C3(CN4CCc5c(C(=O)NCc6ccc(C#N)cc6)nn(C)c5C4=O)CC3)COC2)cc1. The molecule has 0 atom stereocenters. The lowest BCUT2D eigenvalue weighted by molar-refractivity contribution is -0.0320. The molecule has 0 radical (unpaired) electrons. The first kappa shape index (κ1) is 31.9. The smallest absolute Gasteiger partial charge is 0.297 e. The lowest BCUT2D eigenvalue weighted by Gasteiger charge is -2.43. The number of aromatic nitrogens is 2. The third-order valence-electron chi connectivity index (χ3n) is 8.96. The Labute approximate surface area is 267 Å². The van der Waals surface area contributed by atoms with E-state index in [1.807, 2.05) is 13.0 Å². The second-order valence-electron chi connectivity index (χ2n) is 12.2. The van der Waals surface area contributed by atoms with Crippen LogP contribution in [0.1, 0.15) is 56.1 Å². The van der Waals surface area contributed by atoms with Crippen LogP contribution in [0.5, 0.6) is 0 Å². The first-order valence-electron chi connectivity index (χ1n) is 14.7. The van der Waals surface area contributed by atoms with E-state index < -0.39 is 47.9 Å². The molecule has 2 aromatic carbocycles. The van der Waals surface area contributed by atoms with E-state index in [9.17, 15) is 26.4 Å². The number of ether oxygens (including phenoxy) is 1. The van der Waals surface area contributed by atoms with Gasteiger partial charge in [0.1, 0.15) is 10.4 Å². The first-order chi connectivity index (χ1) is 21.8. The Bertz CT molecular complexity index is 1960. The number of aryl methyl sites for hydroxylation is 2. The number of benzene rings is 2. The van der Waals surface area contributed by atoms with E-state index in [1.165, 1.54) is 21.7 Å². The van der Waals surface area contributed by atoms with Gasteiger partial charge in [0.25, 0.3) is 21.9 Å². The summed E-state index contributed by atoms with van der Waals surface area (Å²) in [6, 6.07) is 14.9. The molecule has 2 fully saturated rings. The van der Waals surface area contributed by atoms with Crippen molar-refractivity contribution in [2.75, 3.05) is 32.9 Å². The Kier molecular flexibility index (Phi) is 8.04. The third-order valence-corrected chi connectivity index (χ3v) is 13.4. The number of rotatable bonds is 11. The average Bonchev–Trinajstić information content (AvgIpc) is 3.73. The van der Waals surface area contributed by atoms with Crippen molar-refractivity contribution in [1.29, 1.82) is 5.26 Å². The topological polar surface area (TPSA) is 178 Å². The van der Waals surface area contributed by atoms with Gasteiger partial charge in [0.15, 0.2) is 15.5 Å². The summed E-state index contributed by atoms with van der Waals surface area (Å²) < 4.78 is 63.1. The predicted molar refractivity (Wildman–Crippen MR) is 164 cm³/mol. The molecule has 15 heteroatoms. The molecule has 2 aliphatic heterocycles. The van der Waals surface area contributed by atoms with E-state index in [0.717, 1.165) is 11.1 Å². The molecule has 2 amide bonds. The Balaban J connectivity index is 1.15. The van der Waals surface area contributed by atoms with E-state index in [2.05, 4.69) is 10.4 Å². The van der Waals surface area contributed by atoms with E-state index in [1.54, 1.807) is 43.4 Å². The Hall–Kier alpha value is -4.10. The molecule has 0 unspecified atom stereocenters. The minimum absolute atomic E-state index is 0.0692. The van der Waals surface area contributed by atoms with Crippen LogP contribution in [0.15, 0.2) is 53.4 Å². The third kappa shape index (κ3) is 5.49. The number of nitriles is 1. The van der Waals surface area contributed by atoms with Crippen LogP contribution in [0.2, 0.25) is 0 Å². The van der Waals surface area contributed by atoms with Gasteiger partial charge in [-0.2, -0.15) is 18.8 Å². The molecule has 3 aliphatic rings. The number of carbonyl (C=O) groups is 2. The number of amides is 2. The van der Waals surface area contributed by atoms with Crippen LogP contribution in [0.25, 0.3) is 0 Å². The number of nitrogens with one attached hydrogen (secondary N) is 1. The van der Waals surface area contributed by atoms with Crippen molar-refractivity contribution in [2.45, 2.75) is 47.1 Å². The van der Waals surface area contributed by atoms with Crippen LogP contribution in [-0.4, -0.2) is 85.7 Å². The Morgan fingerprint density at radius 1 is 1.07 bits per heavy atom. The van der Waals surface area contributed by atoms with Crippen molar-refractivity contribution in [3.05, 3.63) is 82.2 Å². The molecule has 0 spiro atoms. The standard InChI is InChI=1S/C31H33N5O8S2/c1-21-3-9-24(10-4-21)45(39,40)44-20-31(18-43-19-31)46(41,42)30(12-13-30)17-36-14-11-25-26(34-35(2)27(25)29(36)38)28(37)33-16-23-7-5-22(15-32)6-8-23/h3-10H,11-14,16-20H2,1-2H3,(H,33,37). The molecule has 0 bridgehead atoms. The molecule has 1 saturated heterocycles. The minimum Gasteiger partial charge on any atom is -0.378 e. The zero-order valence-electron chi connectivity index (χ0n) is 25.4. The van der Waals surface area contributed by atoms with Crippen LogP contribution in [0.4, 0.5) is 0 Å². The first-order valence-corrected chi connectivity index (χ1v) is 17.6. The summed E-state index contributed by atoms with van der Waals surface area (Å²) >= 11 is 0. The van der Waals surface area contributed by atoms with Crippen LogP contribution < -0.4 is 5.32 Å². The molecule has 242 valence electrons. The largest absolute Gasteiger partial charge is 0.378 e. The van der Waals surface area contributed by atoms with Crippen molar-refractivity contribution in [3.63, 3.8) is 0 Å². The summed E-state index contributed by atoms with van der Waals surface area (Å²) in [6.45, 7) is 1.13. The molecular weight excluding hydrogens is 635 g/mol. The summed E-state index contributed by atoms with van der Waals surface area (Å²) in [5.41, 5.74) is 3.01. The van der Waals surface area contributed by atoms with Gasteiger partial charge in [-0.25, -0.2) is 8.42 Å². The van der Waals surface area contributed by atoms with E-state index in [4.69, 9.17) is 14.2 Å². The number of nitrogens with zero attached hydrogens (tertiary/aromatic N) is 4. The Morgan fingerprint density at radius 2 is 1.74 bits per heavy atom. The van der Waals surface area contributed by atoms with Crippen molar-refractivity contribution in [3.8, 4) is 6.07 Å². The molecule has 13 nitrogen and oxygen atoms in total. The van der Waals surface area contributed by atoms with Gasteiger partial charge >= 0.3 is 0 Å². The highest BCUT2D eigenvalue weighted by atomic mass is 32.2. The van der Waals surface area contributed by atoms with Gasteiger partial charge in [0, 0.05) is 32.2 Å². The molecule has 1 saturated carbocycles. The fraction of sp³-hybridized carbons (Fsp3) is 0.419. The fourth-order valence-electron chi connectivity index (χ4n) is 5.93. The zero-order chi connectivity index (χ0) is 32.9. The number of hydrogen-bond donors (Lipinski definition) is 1. The van der Waals surface area contributed by atoms with Crippen molar-refractivity contribution >= 4 is 31.8 Å². The van der Waals surface area contributed by atoms with Crippen LogP contribution in [0.3, 0.4) is 0 Å². The summed E-state index contributed by atoms with van der Waals surface area (Å²) in [4.78, 5) is 28.2. The van der Waals surface area contributed by atoms with Crippen molar-refractivity contribution < 1.29 is 35.3 Å². The quantitative estimate of drug-likeness (QED) is 0.296. The molecular formula is C31H33N5O8S2. The second-order valence-corrected chi connectivity index (χ2v) is 16.5. The lowest BCUT2D eigenvalue weighted by Crippen LogP contribution is -2.64. The van der Waals surface area contributed by atoms with Crippen LogP contribution >= 0.6 is 0 Å². The van der Waals surface area contributed by atoms with Crippen LogP contribution in [0, 0.1) is 18.3 Å². The normalized spacial score (nSPS) is 18.3. The molecule has 1 aromatic heterocycles. The van der Waals surface area contributed by atoms with Gasteiger partial charge in [-0.15, -0.1) is 0 Å². The van der Waals surface area contributed by atoms with Gasteiger partial charge in [0.2, 0.25) is 0 Å². The van der Waals surface area contributed by atoms with Gasteiger partial charge in [-0.3, -0.25) is 18.5 Å². The van der Waals surface area contributed by atoms with Gasteiger partial charge in [-0.05, 0) is 56.0 Å². The van der Waals surface area contributed by atoms with E-state index in [-0.39, 0.29) is 49.1 Å². The summed E-state index contributed by atoms with van der Waals surface area (Å²) in [5, 5.41) is 16.1. The van der Waals surface area contributed by atoms with E-state index in [0.29, 0.717) is 30.4 Å². The molecule has 3 heterocycles. The molecule has 6 rings (SSSR count). The van der Waals surface area contributed by atoms with Crippen molar-refractivity contribution in [2.24, 2.45) is 7.05 Å². The van der Waals surface area contributed by atoms with E-state index >= 15 is 0 Å². The number of carbonyl (C=O) groups excluding carboxylic acids is 2. The number of fused-ring (bicyclic) bond motifs is 1. The maximum absolute atomic E-state index is 14.1. The summed E-state index contributed by atoms with van der Waals surface area (Å²) in [5.74, 6) is -0.878. The maximum Gasteiger partial charge on any atom is 0.297 e. The average molecular weight is 668 g/mol. The summed E-state index contributed by atoms with van der Waals surface area (Å²) in [7, 11) is -6.68. The molecule has 1 aliphatic carbocycles. The predicted octanol–water partition coefficient (Wildman–Crippen LogP) is 1.65. The van der Waals surface area contributed by atoms with Gasteiger partial charge < -0.3 is 15.0 Å². The minimum atomic E-state index is -4.21. The monoisotopic (exact) mass is 667 g/mol. The highest BCUT2D eigenvalue weighted by molar-refractivity contribution is 7.94. The number of sulfone groups is 1.